The highest BCUT2D eigenvalue weighted by atomic mass is 127. The minimum atomic E-state index is -0.226. The van der Waals surface area contributed by atoms with E-state index in [1.54, 1.807) is 0 Å². The topological polar surface area (TPSA) is 66.4 Å². The highest BCUT2D eigenvalue weighted by Gasteiger charge is 2.30. The summed E-state index contributed by atoms with van der Waals surface area (Å²) in [6, 6.07) is 8.26. The summed E-state index contributed by atoms with van der Waals surface area (Å²) in [5.74, 6) is 1.95. The van der Waals surface area contributed by atoms with E-state index in [9.17, 15) is 4.79 Å². The van der Waals surface area contributed by atoms with Gasteiger partial charge in [-0.3, -0.25) is 9.79 Å². The number of piperazine rings is 1. The molecule has 2 fully saturated rings. The van der Waals surface area contributed by atoms with Crippen LogP contribution in [0.3, 0.4) is 0 Å². The average molecular weight is 530 g/mol. The van der Waals surface area contributed by atoms with Crippen LogP contribution in [0.25, 0.3) is 0 Å². The van der Waals surface area contributed by atoms with Gasteiger partial charge in [0, 0.05) is 46.4 Å². The number of hydrogen-bond donors (Lipinski definition) is 1. The lowest BCUT2D eigenvalue weighted by atomic mass is 10.1. The lowest BCUT2D eigenvalue weighted by molar-refractivity contribution is -0.142. The summed E-state index contributed by atoms with van der Waals surface area (Å²) < 4.78 is 11.2. The third-order valence-electron chi connectivity index (χ3n) is 5.30. The van der Waals surface area contributed by atoms with E-state index in [-0.39, 0.29) is 42.1 Å². The molecule has 2 saturated heterocycles. The molecular weight excluding hydrogens is 495 g/mol. The predicted molar refractivity (Wildman–Crippen MR) is 130 cm³/mol. The van der Waals surface area contributed by atoms with Crippen molar-refractivity contribution in [2.75, 3.05) is 46.4 Å². The molecule has 168 valence electrons. The van der Waals surface area contributed by atoms with Gasteiger partial charge in [-0.05, 0) is 50.8 Å². The van der Waals surface area contributed by atoms with E-state index >= 15 is 0 Å². The van der Waals surface area contributed by atoms with E-state index in [2.05, 4.69) is 27.3 Å². The molecule has 1 aromatic rings. The van der Waals surface area contributed by atoms with Gasteiger partial charge in [0.15, 0.2) is 5.96 Å². The lowest BCUT2D eigenvalue weighted by Crippen LogP contribution is -2.55. The zero-order valence-corrected chi connectivity index (χ0v) is 20.6. The fraction of sp³-hybridized carbons (Fsp3) is 0.636. The Balaban J connectivity index is 0.00000320. The van der Waals surface area contributed by atoms with E-state index in [1.165, 1.54) is 5.56 Å². The standard InChI is InChI=1S/C22H34N4O3.HI/c1-17(2)29-19-8-6-18(7-9-19)10-11-24-22(23-3)26-14-12-25(13-15-26)21(27)20-5-4-16-28-20;/h6-9,17,20H,4-5,10-16H2,1-3H3,(H,23,24);1H. The minimum Gasteiger partial charge on any atom is -0.491 e. The van der Waals surface area contributed by atoms with Crippen molar-refractivity contribution in [2.24, 2.45) is 4.99 Å². The maximum Gasteiger partial charge on any atom is 0.251 e. The summed E-state index contributed by atoms with van der Waals surface area (Å²) in [6.45, 7) is 8.60. The average Bonchev–Trinajstić information content (AvgIpc) is 3.27. The van der Waals surface area contributed by atoms with Crippen LogP contribution in [0.2, 0.25) is 0 Å². The molecule has 2 aliphatic heterocycles. The Bertz CT molecular complexity index is 682. The fourth-order valence-electron chi connectivity index (χ4n) is 3.77. The van der Waals surface area contributed by atoms with Gasteiger partial charge >= 0.3 is 0 Å². The molecule has 1 amide bonds. The summed E-state index contributed by atoms with van der Waals surface area (Å²) in [7, 11) is 1.81. The quantitative estimate of drug-likeness (QED) is 0.348. The number of amides is 1. The molecule has 1 atom stereocenters. The molecule has 30 heavy (non-hydrogen) atoms. The molecule has 1 aromatic carbocycles. The van der Waals surface area contributed by atoms with Crippen molar-refractivity contribution in [3.63, 3.8) is 0 Å². The lowest BCUT2D eigenvalue weighted by Gasteiger charge is -2.37. The van der Waals surface area contributed by atoms with Gasteiger partial charge in [0.2, 0.25) is 0 Å². The monoisotopic (exact) mass is 530 g/mol. The van der Waals surface area contributed by atoms with Gasteiger partial charge in [0.1, 0.15) is 11.9 Å². The number of nitrogens with one attached hydrogen (secondary N) is 1. The first-order chi connectivity index (χ1) is 14.1. The normalized spacial score (nSPS) is 19.6. The van der Waals surface area contributed by atoms with Crippen molar-refractivity contribution < 1.29 is 14.3 Å². The van der Waals surface area contributed by atoms with E-state index in [0.717, 1.165) is 63.7 Å². The van der Waals surface area contributed by atoms with E-state index < -0.39 is 0 Å². The SMILES string of the molecule is CN=C(NCCc1ccc(OC(C)C)cc1)N1CCN(C(=O)C2CCCO2)CC1.I. The molecule has 1 unspecified atom stereocenters. The van der Waals surface area contributed by atoms with Crippen molar-refractivity contribution in [2.45, 2.75) is 45.3 Å². The zero-order valence-electron chi connectivity index (χ0n) is 18.3. The highest BCUT2D eigenvalue weighted by Crippen LogP contribution is 2.16. The van der Waals surface area contributed by atoms with Gasteiger partial charge in [0.25, 0.3) is 5.91 Å². The smallest absolute Gasteiger partial charge is 0.251 e. The fourth-order valence-corrected chi connectivity index (χ4v) is 3.77. The van der Waals surface area contributed by atoms with Crippen LogP contribution >= 0.6 is 24.0 Å². The Morgan fingerprint density at radius 1 is 1.20 bits per heavy atom. The van der Waals surface area contributed by atoms with Crippen LogP contribution < -0.4 is 10.1 Å². The molecule has 1 N–H and O–H groups in total. The maximum atomic E-state index is 12.5. The van der Waals surface area contributed by atoms with Crippen LogP contribution in [-0.2, 0) is 16.0 Å². The summed E-state index contributed by atoms with van der Waals surface area (Å²) in [5.41, 5.74) is 1.26. The molecule has 0 aromatic heterocycles. The van der Waals surface area contributed by atoms with E-state index in [4.69, 9.17) is 9.47 Å². The number of rotatable bonds is 6. The first-order valence-electron chi connectivity index (χ1n) is 10.7. The van der Waals surface area contributed by atoms with Crippen molar-refractivity contribution in [1.29, 1.82) is 0 Å². The van der Waals surface area contributed by atoms with Crippen LogP contribution in [0.4, 0.5) is 0 Å². The van der Waals surface area contributed by atoms with Crippen LogP contribution in [0.5, 0.6) is 5.75 Å². The van der Waals surface area contributed by atoms with Gasteiger partial charge in [-0.2, -0.15) is 0 Å². The molecule has 3 rings (SSSR count). The van der Waals surface area contributed by atoms with Crippen molar-refractivity contribution in [1.82, 2.24) is 15.1 Å². The second-order valence-corrected chi connectivity index (χ2v) is 7.85. The third-order valence-corrected chi connectivity index (χ3v) is 5.30. The second kappa shape index (κ2) is 12.3. The first-order valence-corrected chi connectivity index (χ1v) is 10.7. The molecule has 8 heteroatoms. The predicted octanol–water partition coefficient (Wildman–Crippen LogP) is 2.53. The number of nitrogens with zero attached hydrogens (tertiary/aromatic N) is 3. The Labute approximate surface area is 197 Å². The molecule has 7 nitrogen and oxygen atoms in total. The van der Waals surface area contributed by atoms with Gasteiger partial charge in [-0.15, -0.1) is 24.0 Å². The first kappa shape index (κ1) is 24.7. The Morgan fingerprint density at radius 2 is 1.87 bits per heavy atom. The largest absolute Gasteiger partial charge is 0.491 e. The maximum absolute atomic E-state index is 12.5. The highest BCUT2D eigenvalue weighted by molar-refractivity contribution is 14.0. The molecule has 0 radical (unpaired) electrons. The zero-order chi connectivity index (χ0) is 20.6. The summed E-state index contributed by atoms with van der Waals surface area (Å²) in [5, 5.41) is 3.45. The number of aliphatic imine (C=N–C) groups is 1. The summed E-state index contributed by atoms with van der Waals surface area (Å²) in [4.78, 5) is 21.1. The Morgan fingerprint density at radius 3 is 2.43 bits per heavy atom. The number of benzene rings is 1. The summed E-state index contributed by atoms with van der Waals surface area (Å²) in [6.07, 6.45) is 2.72. The van der Waals surface area contributed by atoms with Crippen molar-refractivity contribution in [3.8, 4) is 5.75 Å². The molecule has 0 spiro atoms. The second-order valence-electron chi connectivity index (χ2n) is 7.85. The Kier molecular flexibility index (Phi) is 10.2. The molecule has 2 heterocycles. The third kappa shape index (κ3) is 7.01. The van der Waals surface area contributed by atoms with Crippen molar-refractivity contribution >= 4 is 35.8 Å². The van der Waals surface area contributed by atoms with Crippen LogP contribution in [0, 0.1) is 0 Å². The molecular formula is C22H35IN4O3. The van der Waals surface area contributed by atoms with Gasteiger partial charge < -0.3 is 24.6 Å². The van der Waals surface area contributed by atoms with Gasteiger partial charge in [0.05, 0.1) is 6.10 Å². The number of carbonyl (C=O) groups excluding carboxylic acids is 1. The number of hydrogen-bond acceptors (Lipinski definition) is 4. The number of carbonyl (C=O) groups is 1. The van der Waals surface area contributed by atoms with Crippen LogP contribution in [0.15, 0.2) is 29.3 Å². The number of halogens is 1. The molecule has 0 aliphatic carbocycles. The molecule has 2 aliphatic rings. The number of ether oxygens (including phenoxy) is 2. The number of guanidine groups is 1. The minimum absolute atomic E-state index is 0. The summed E-state index contributed by atoms with van der Waals surface area (Å²) >= 11 is 0. The Hall–Kier alpha value is -1.55. The molecule has 0 bridgehead atoms. The van der Waals surface area contributed by atoms with E-state index in [0.29, 0.717) is 6.61 Å². The molecule has 0 saturated carbocycles. The van der Waals surface area contributed by atoms with Gasteiger partial charge in [-0.1, -0.05) is 12.1 Å². The van der Waals surface area contributed by atoms with Crippen LogP contribution in [-0.4, -0.2) is 80.3 Å². The van der Waals surface area contributed by atoms with Crippen LogP contribution in [0.1, 0.15) is 32.3 Å². The van der Waals surface area contributed by atoms with E-state index in [1.807, 2.05) is 37.9 Å². The van der Waals surface area contributed by atoms with Gasteiger partial charge in [-0.25, -0.2) is 0 Å². The van der Waals surface area contributed by atoms with Crippen molar-refractivity contribution in [3.05, 3.63) is 29.8 Å².